The Kier molecular flexibility index (Phi) is 5.06. The molecule has 4 atom stereocenters. The Hall–Kier alpha value is -0.790. The molecule has 0 aromatic carbocycles. The molecule has 2 rings (SSSR count). The van der Waals surface area contributed by atoms with Crippen LogP contribution in [0.4, 0.5) is 0 Å². The largest absolute Gasteiger partial charge is 0.462 e. The summed E-state index contributed by atoms with van der Waals surface area (Å²) in [7, 11) is 0. The minimum Gasteiger partial charge on any atom is -0.462 e. The summed E-state index contributed by atoms with van der Waals surface area (Å²) >= 11 is 0. The van der Waals surface area contributed by atoms with E-state index in [2.05, 4.69) is 19.9 Å². The Bertz CT molecular complexity index is 345. The average molecular weight is 264 g/mol. The second kappa shape index (κ2) is 6.58. The van der Waals surface area contributed by atoms with Crippen LogP contribution < -0.4 is 0 Å². The number of carbonyl (C=O) groups is 1. The molecule has 0 aromatic rings. The topological polar surface area (TPSA) is 26.3 Å². The minimum atomic E-state index is -0.110. The number of hydrogen-bond donors (Lipinski definition) is 0. The van der Waals surface area contributed by atoms with Crippen LogP contribution in [0.25, 0.3) is 0 Å². The van der Waals surface area contributed by atoms with Crippen LogP contribution >= 0.6 is 0 Å². The highest BCUT2D eigenvalue weighted by atomic mass is 16.5. The third-order valence-corrected chi connectivity index (χ3v) is 5.06. The van der Waals surface area contributed by atoms with E-state index >= 15 is 0 Å². The van der Waals surface area contributed by atoms with Crippen molar-refractivity contribution in [3.63, 3.8) is 0 Å². The molecule has 3 unspecified atom stereocenters. The first-order valence-electron chi connectivity index (χ1n) is 7.89. The Morgan fingerprint density at radius 3 is 2.84 bits per heavy atom. The van der Waals surface area contributed by atoms with Crippen molar-refractivity contribution < 1.29 is 9.53 Å². The summed E-state index contributed by atoms with van der Waals surface area (Å²) in [4.78, 5) is 11.1. The van der Waals surface area contributed by atoms with Gasteiger partial charge in [-0.05, 0) is 69.6 Å². The minimum absolute atomic E-state index is 0.110. The Morgan fingerprint density at radius 1 is 1.42 bits per heavy atom. The highest BCUT2D eigenvalue weighted by molar-refractivity contribution is 5.66. The number of hydrogen-bond acceptors (Lipinski definition) is 2. The Morgan fingerprint density at radius 2 is 2.21 bits per heavy atom. The van der Waals surface area contributed by atoms with Gasteiger partial charge in [0, 0.05) is 6.92 Å². The number of esters is 1. The molecule has 0 radical (unpaired) electrons. The summed E-state index contributed by atoms with van der Waals surface area (Å²) in [6, 6.07) is 0. The standard InChI is InChI=1S/C17H28O2/c1-12-7-9-15(10-8-12)13(2)11-16-5-4-6-17(16)19-14(3)18/h7,13,15-17H,4-6,8-11H2,1-3H3/t13?,15-,16?,17?/m0/s1. The predicted octanol–water partition coefficient (Wildman–Crippen LogP) is 4.49. The van der Waals surface area contributed by atoms with Gasteiger partial charge < -0.3 is 4.74 Å². The lowest BCUT2D eigenvalue weighted by molar-refractivity contribution is -0.148. The molecule has 0 bridgehead atoms. The maximum atomic E-state index is 11.1. The molecule has 0 saturated heterocycles. The smallest absolute Gasteiger partial charge is 0.302 e. The fraction of sp³-hybridized carbons (Fsp3) is 0.824. The second-order valence-corrected chi connectivity index (χ2v) is 6.64. The number of ether oxygens (including phenoxy) is 1. The molecule has 19 heavy (non-hydrogen) atoms. The molecule has 1 fully saturated rings. The van der Waals surface area contributed by atoms with Gasteiger partial charge in [0.25, 0.3) is 0 Å². The van der Waals surface area contributed by atoms with E-state index in [0.717, 1.165) is 18.3 Å². The molecule has 2 nitrogen and oxygen atoms in total. The number of carbonyl (C=O) groups excluding carboxylic acids is 1. The van der Waals surface area contributed by atoms with E-state index in [1.54, 1.807) is 5.57 Å². The molecule has 0 N–H and O–H groups in total. The Balaban J connectivity index is 1.84. The molecule has 2 heteroatoms. The lowest BCUT2D eigenvalue weighted by Gasteiger charge is -2.30. The summed E-state index contributed by atoms with van der Waals surface area (Å²) in [6.07, 6.45) is 11.2. The molecular weight excluding hydrogens is 236 g/mol. The van der Waals surface area contributed by atoms with Gasteiger partial charge in [0.05, 0.1) is 0 Å². The van der Waals surface area contributed by atoms with Gasteiger partial charge in [-0.25, -0.2) is 0 Å². The summed E-state index contributed by atoms with van der Waals surface area (Å²) in [6.45, 7) is 6.17. The fourth-order valence-corrected chi connectivity index (χ4v) is 3.81. The zero-order valence-corrected chi connectivity index (χ0v) is 12.7. The van der Waals surface area contributed by atoms with Crippen molar-refractivity contribution in [2.24, 2.45) is 17.8 Å². The van der Waals surface area contributed by atoms with Crippen LogP contribution in [-0.2, 0) is 9.53 Å². The molecule has 1 saturated carbocycles. The van der Waals surface area contributed by atoms with Crippen LogP contribution in [-0.4, -0.2) is 12.1 Å². The molecule has 2 aliphatic rings. The summed E-state index contributed by atoms with van der Waals surface area (Å²) in [5.74, 6) is 2.08. The zero-order chi connectivity index (χ0) is 13.8. The molecule has 108 valence electrons. The van der Waals surface area contributed by atoms with Gasteiger partial charge in [0.1, 0.15) is 6.10 Å². The van der Waals surface area contributed by atoms with Crippen molar-refractivity contribution in [2.45, 2.75) is 71.8 Å². The van der Waals surface area contributed by atoms with E-state index in [1.807, 2.05) is 0 Å². The highest BCUT2D eigenvalue weighted by Gasteiger charge is 2.32. The van der Waals surface area contributed by atoms with Crippen molar-refractivity contribution in [1.82, 2.24) is 0 Å². The van der Waals surface area contributed by atoms with Gasteiger partial charge in [-0.3, -0.25) is 4.79 Å². The third kappa shape index (κ3) is 4.09. The van der Waals surface area contributed by atoms with Gasteiger partial charge >= 0.3 is 5.97 Å². The predicted molar refractivity (Wildman–Crippen MR) is 77.8 cm³/mol. The van der Waals surface area contributed by atoms with Crippen molar-refractivity contribution in [3.05, 3.63) is 11.6 Å². The maximum Gasteiger partial charge on any atom is 0.302 e. The molecule has 0 spiro atoms. The van der Waals surface area contributed by atoms with Gasteiger partial charge in [-0.1, -0.05) is 18.6 Å². The van der Waals surface area contributed by atoms with Gasteiger partial charge in [0.15, 0.2) is 0 Å². The number of rotatable bonds is 4. The first-order chi connectivity index (χ1) is 9.06. The fourth-order valence-electron chi connectivity index (χ4n) is 3.81. The van der Waals surface area contributed by atoms with Gasteiger partial charge in [-0.15, -0.1) is 0 Å². The lowest BCUT2D eigenvalue weighted by Crippen LogP contribution is -2.25. The van der Waals surface area contributed by atoms with Crippen LogP contribution in [0.15, 0.2) is 11.6 Å². The summed E-state index contributed by atoms with van der Waals surface area (Å²) < 4.78 is 5.48. The van der Waals surface area contributed by atoms with Crippen LogP contribution in [0.5, 0.6) is 0 Å². The van der Waals surface area contributed by atoms with Crippen LogP contribution in [0.2, 0.25) is 0 Å². The average Bonchev–Trinajstić information content (AvgIpc) is 2.76. The zero-order valence-electron chi connectivity index (χ0n) is 12.7. The van der Waals surface area contributed by atoms with Crippen molar-refractivity contribution >= 4 is 5.97 Å². The van der Waals surface area contributed by atoms with E-state index in [0.29, 0.717) is 5.92 Å². The SMILES string of the molecule is CC(=O)OC1CCCC1CC(C)[C@H]1CC=C(C)CC1. The van der Waals surface area contributed by atoms with Crippen molar-refractivity contribution in [1.29, 1.82) is 0 Å². The van der Waals surface area contributed by atoms with E-state index < -0.39 is 0 Å². The first kappa shape index (κ1) is 14.6. The van der Waals surface area contributed by atoms with Crippen LogP contribution in [0.1, 0.15) is 65.7 Å². The van der Waals surface area contributed by atoms with Crippen molar-refractivity contribution in [3.8, 4) is 0 Å². The molecule has 0 amide bonds. The van der Waals surface area contributed by atoms with Gasteiger partial charge in [0.2, 0.25) is 0 Å². The van der Waals surface area contributed by atoms with E-state index in [4.69, 9.17) is 4.74 Å². The van der Waals surface area contributed by atoms with E-state index in [9.17, 15) is 4.79 Å². The molecule has 0 heterocycles. The quantitative estimate of drug-likeness (QED) is 0.552. The monoisotopic (exact) mass is 264 g/mol. The molecule has 0 aromatic heterocycles. The molecule has 2 aliphatic carbocycles. The highest BCUT2D eigenvalue weighted by Crippen LogP contribution is 2.38. The van der Waals surface area contributed by atoms with Crippen LogP contribution in [0.3, 0.4) is 0 Å². The summed E-state index contributed by atoms with van der Waals surface area (Å²) in [5, 5.41) is 0. The molecule has 0 aliphatic heterocycles. The van der Waals surface area contributed by atoms with E-state index in [-0.39, 0.29) is 12.1 Å². The van der Waals surface area contributed by atoms with E-state index in [1.165, 1.54) is 45.4 Å². The Labute approximate surface area is 117 Å². The lowest BCUT2D eigenvalue weighted by atomic mass is 9.77. The normalized spacial score (nSPS) is 32.8. The maximum absolute atomic E-state index is 11.1. The third-order valence-electron chi connectivity index (χ3n) is 5.06. The summed E-state index contributed by atoms with van der Waals surface area (Å²) in [5.41, 5.74) is 1.56. The van der Waals surface area contributed by atoms with Gasteiger partial charge in [-0.2, -0.15) is 0 Å². The van der Waals surface area contributed by atoms with Crippen LogP contribution in [0, 0.1) is 17.8 Å². The second-order valence-electron chi connectivity index (χ2n) is 6.64. The molecular formula is C17H28O2. The number of allylic oxidation sites excluding steroid dienone is 2. The first-order valence-corrected chi connectivity index (χ1v) is 7.89. The van der Waals surface area contributed by atoms with Crippen molar-refractivity contribution in [2.75, 3.05) is 0 Å².